The zero-order valence-electron chi connectivity index (χ0n) is 17.0. The number of carbonyl (C=O) groups is 1. The number of hydrogen-bond acceptors (Lipinski definition) is 4. The van der Waals surface area contributed by atoms with Crippen molar-refractivity contribution in [2.75, 3.05) is 13.2 Å². The second kappa shape index (κ2) is 8.67. The van der Waals surface area contributed by atoms with Gasteiger partial charge in [-0.3, -0.25) is 9.78 Å². The molecule has 30 heavy (non-hydrogen) atoms. The van der Waals surface area contributed by atoms with Gasteiger partial charge in [0, 0.05) is 23.8 Å². The highest BCUT2D eigenvalue weighted by molar-refractivity contribution is 7.80. The highest BCUT2D eigenvalue weighted by atomic mass is 32.1. The van der Waals surface area contributed by atoms with Gasteiger partial charge in [0.2, 0.25) is 0 Å². The lowest BCUT2D eigenvalue weighted by Crippen LogP contribution is -2.36. The van der Waals surface area contributed by atoms with Crippen LogP contribution in [-0.2, 0) is 9.53 Å². The van der Waals surface area contributed by atoms with E-state index in [1.807, 2.05) is 47.5 Å². The molecule has 0 spiro atoms. The average molecular weight is 421 g/mol. The average Bonchev–Trinajstić information content (AvgIpc) is 3.34. The predicted octanol–water partition coefficient (Wildman–Crippen LogP) is 3.72. The van der Waals surface area contributed by atoms with Gasteiger partial charge in [-0.2, -0.15) is 0 Å². The Labute approximate surface area is 181 Å². The number of nitrogens with zero attached hydrogens (tertiary/aromatic N) is 3. The molecule has 3 aromatic rings. The Morgan fingerprint density at radius 1 is 1.17 bits per heavy atom. The number of carbonyl (C=O) groups excluding carboxylic acids is 1. The molecule has 0 amide bonds. The summed E-state index contributed by atoms with van der Waals surface area (Å²) >= 11 is 5.63. The maximum Gasteiger partial charge on any atom is 0.325 e. The Balaban J connectivity index is 1.80. The molecule has 6 nitrogen and oxygen atoms in total. The number of hydrogen-bond donors (Lipinski definition) is 1. The topological polar surface area (TPSA) is 59.4 Å². The number of benzene rings is 1. The van der Waals surface area contributed by atoms with Crippen molar-refractivity contribution < 1.29 is 9.53 Å². The molecule has 1 saturated heterocycles. The monoisotopic (exact) mass is 420 g/mol. The number of rotatable bonds is 6. The van der Waals surface area contributed by atoms with Crippen LogP contribution in [0.1, 0.15) is 36.0 Å². The molecule has 1 aromatic carbocycles. The van der Waals surface area contributed by atoms with E-state index in [0.29, 0.717) is 11.7 Å². The van der Waals surface area contributed by atoms with Gasteiger partial charge >= 0.3 is 5.97 Å². The molecule has 2 atom stereocenters. The van der Waals surface area contributed by atoms with E-state index < -0.39 is 0 Å². The van der Waals surface area contributed by atoms with Crippen LogP contribution in [0.4, 0.5) is 0 Å². The number of para-hydroxylation sites is 1. The molecular weight excluding hydrogens is 396 g/mol. The van der Waals surface area contributed by atoms with Crippen molar-refractivity contribution in [1.82, 2.24) is 19.8 Å². The zero-order chi connectivity index (χ0) is 21.1. The van der Waals surface area contributed by atoms with Gasteiger partial charge < -0.3 is 19.5 Å². The molecule has 154 valence electrons. The lowest BCUT2D eigenvalue weighted by Gasteiger charge is -2.28. The summed E-state index contributed by atoms with van der Waals surface area (Å²) in [5.74, 6) is -0.303. The fraction of sp³-hybridized carbons (Fsp3) is 0.261. The summed E-state index contributed by atoms with van der Waals surface area (Å²) in [5.41, 5.74) is 4.14. The highest BCUT2D eigenvalue weighted by Crippen LogP contribution is 2.39. The van der Waals surface area contributed by atoms with Crippen molar-refractivity contribution in [3.8, 4) is 5.69 Å². The number of aromatic nitrogens is 2. The first-order valence-corrected chi connectivity index (χ1v) is 10.4. The summed E-state index contributed by atoms with van der Waals surface area (Å²) in [7, 11) is 0. The van der Waals surface area contributed by atoms with Gasteiger partial charge in [-0.15, -0.1) is 0 Å². The normalized spacial score (nSPS) is 18.3. The second-order valence-corrected chi connectivity index (χ2v) is 7.54. The fourth-order valence-electron chi connectivity index (χ4n) is 3.93. The minimum absolute atomic E-state index is 0.0760. The van der Waals surface area contributed by atoms with Gasteiger partial charge in [-0.25, -0.2) is 0 Å². The van der Waals surface area contributed by atoms with Crippen molar-refractivity contribution in [1.29, 1.82) is 0 Å². The van der Waals surface area contributed by atoms with Crippen LogP contribution in [0.15, 0.2) is 67.0 Å². The van der Waals surface area contributed by atoms with E-state index in [4.69, 9.17) is 17.0 Å². The van der Waals surface area contributed by atoms with E-state index in [2.05, 4.69) is 40.0 Å². The molecule has 1 fully saturated rings. The van der Waals surface area contributed by atoms with Crippen molar-refractivity contribution in [3.05, 3.63) is 83.9 Å². The summed E-state index contributed by atoms with van der Waals surface area (Å²) in [6.07, 6.45) is 3.81. The quantitative estimate of drug-likeness (QED) is 0.485. The second-order valence-electron chi connectivity index (χ2n) is 7.15. The molecule has 1 N–H and O–H groups in total. The lowest BCUT2D eigenvalue weighted by molar-refractivity contribution is -0.143. The first kappa shape index (κ1) is 20.1. The van der Waals surface area contributed by atoms with Crippen LogP contribution in [0, 0.1) is 6.92 Å². The molecule has 1 aliphatic heterocycles. The Kier molecular flexibility index (Phi) is 5.81. The standard InChI is InChI=1S/C23H24N4O2S/c1-3-29-20(28)15-27-22(21(25-23(27)30)17-10-6-7-13-24-17)19-12-8-14-26(19)18-11-5-4-9-16(18)2/h4-14,21-22H,3,15H2,1-2H3,(H,25,30)/t21-,22-/m1/s1. The van der Waals surface area contributed by atoms with Crippen molar-refractivity contribution in [3.63, 3.8) is 0 Å². The number of esters is 1. The first-order valence-electron chi connectivity index (χ1n) is 9.97. The number of ether oxygens (including phenoxy) is 1. The van der Waals surface area contributed by atoms with Gasteiger partial charge in [0.1, 0.15) is 6.54 Å². The molecule has 1 aliphatic rings. The van der Waals surface area contributed by atoms with Crippen molar-refractivity contribution >= 4 is 23.3 Å². The minimum atomic E-state index is -0.303. The predicted molar refractivity (Wildman–Crippen MR) is 119 cm³/mol. The van der Waals surface area contributed by atoms with Crippen LogP contribution in [-0.4, -0.2) is 38.7 Å². The van der Waals surface area contributed by atoms with Gasteiger partial charge in [-0.05, 0) is 62.0 Å². The zero-order valence-corrected chi connectivity index (χ0v) is 17.8. The van der Waals surface area contributed by atoms with Crippen molar-refractivity contribution in [2.24, 2.45) is 0 Å². The summed E-state index contributed by atoms with van der Waals surface area (Å²) < 4.78 is 7.36. The lowest BCUT2D eigenvalue weighted by atomic mass is 10.0. The van der Waals surface area contributed by atoms with Crippen LogP contribution in [0.5, 0.6) is 0 Å². The van der Waals surface area contributed by atoms with E-state index in [-0.39, 0.29) is 24.6 Å². The van der Waals surface area contributed by atoms with Gasteiger partial charge in [0.25, 0.3) is 0 Å². The van der Waals surface area contributed by atoms with Crippen LogP contribution < -0.4 is 5.32 Å². The van der Waals surface area contributed by atoms with E-state index >= 15 is 0 Å². The third-order valence-electron chi connectivity index (χ3n) is 5.26. The third-order valence-corrected chi connectivity index (χ3v) is 5.61. The minimum Gasteiger partial charge on any atom is -0.465 e. The first-order chi connectivity index (χ1) is 14.6. The van der Waals surface area contributed by atoms with Gasteiger partial charge in [0.15, 0.2) is 5.11 Å². The maximum absolute atomic E-state index is 12.3. The van der Waals surface area contributed by atoms with Gasteiger partial charge in [0.05, 0.1) is 24.4 Å². The molecule has 0 radical (unpaired) electrons. The molecule has 0 bridgehead atoms. The van der Waals surface area contributed by atoms with Crippen LogP contribution in [0.3, 0.4) is 0 Å². The number of nitrogens with one attached hydrogen (secondary N) is 1. The Morgan fingerprint density at radius 3 is 2.70 bits per heavy atom. The Morgan fingerprint density at radius 2 is 1.97 bits per heavy atom. The SMILES string of the molecule is CCOC(=O)CN1C(=S)N[C@H](c2ccccn2)[C@H]1c1cccn1-c1ccccc1C. The van der Waals surface area contributed by atoms with Crippen LogP contribution in [0.25, 0.3) is 5.69 Å². The molecular formula is C23H24N4O2S. The van der Waals surface area contributed by atoms with E-state index in [1.54, 1.807) is 13.1 Å². The van der Waals surface area contributed by atoms with Crippen molar-refractivity contribution in [2.45, 2.75) is 25.9 Å². The molecule has 3 heterocycles. The molecule has 4 rings (SSSR count). The smallest absolute Gasteiger partial charge is 0.325 e. The van der Waals surface area contributed by atoms with Crippen LogP contribution in [0.2, 0.25) is 0 Å². The highest BCUT2D eigenvalue weighted by Gasteiger charge is 2.42. The summed E-state index contributed by atoms with van der Waals surface area (Å²) in [4.78, 5) is 18.8. The summed E-state index contributed by atoms with van der Waals surface area (Å²) in [6, 6.07) is 17.7. The fourth-order valence-corrected chi connectivity index (χ4v) is 4.24. The number of pyridine rings is 1. The molecule has 0 aliphatic carbocycles. The number of aryl methyl sites for hydroxylation is 1. The number of thiocarbonyl (C=S) groups is 1. The molecule has 7 heteroatoms. The van der Waals surface area contributed by atoms with E-state index in [9.17, 15) is 4.79 Å². The third kappa shape index (κ3) is 3.80. The Hall–Kier alpha value is -3.19. The summed E-state index contributed by atoms with van der Waals surface area (Å²) in [6.45, 7) is 4.30. The summed E-state index contributed by atoms with van der Waals surface area (Å²) in [5, 5.41) is 3.89. The maximum atomic E-state index is 12.3. The molecule has 2 aromatic heterocycles. The molecule has 0 saturated carbocycles. The largest absolute Gasteiger partial charge is 0.465 e. The van der Waals surface area contributed by atoms with E-state index in [0.717, 1.165) is 22.6 Å². The van der Waals surface area contributed by atoms with Gasteiger partial charge in [-0.1, -0.05) is 24.3 Å². The van der Waals surface area contributed by atoms with Crippen LogP contribution >= 0.6 is 12.2 Å². The Bertz CT molecular complexity index is 1050. The van der Waals surface area contributed by atoms with E-state index in [1.165, 1.54) is 0 Å². The molecule has 0 unspecified atom stereocenters.